The van der Waals surface area contributed by atoms with Gasteiger partial charge < -0.3 is 0 Å². The Bertz CT molecular complexity index is 1140. The molecular formula is C24H18N2O4. The van der Waals surface area contributed by atoms with Crippen LogP contribution in [0.25, 0.3) is 0 Å². The van der Waals surface area contributed by atoms with E-state index in [1.807, 2.05) is 67.6 Å². The Morgan fingerprint density at radius 2 is 1.33 bits per heavy atom. The number of piperidine rings is 1. The van der Waals surface area contributed by atoms with E-state index >= 15 is 0 Å². The minimum absolute atomic E-state index is 0.0860. The second-order valence-electron chi connectivity index (χ2n) is 7.93. The summed E-state index contributed by atoms with van der Waals surface area (Å²) >= 11 is 0. The van der Waals surface area contributed by atoms with E-state index in [4.69, 9.17) is 0 Å². The molecule has 1 saturated carbocycles. The fraction of sp³-hybridized carbons (Fsp3) is 0.167. The molecule has 0 bridgehead atoms. The number of carbonyl (C=O) groups excluding carboxylic acids is 2. The van der Waals surface area contributed by atoms with Gasteiger partial charge in [0.05, 0.1) is 21.9 Å². The number of amides is 2. The number of carbonyl (C=O) groups is 2. The number of fused-ring (bicyclic) bond motifs is 1. The Morgan fingerprint density at radius 1 is 0.833 bits per heavy atom. The molecule has 2 atom stereocenters. The molecule has 6 nitrogen and oxygen atoms in total. The first-order chi connectivity index (χ1) is 14.4. The number of anilines is 1. The molecule has 6 heteroatoms. The summed E-state index contributed by atoms with van der Waals surface area (Å²) in [5.41, 5.74) is 0.508. The maximum atomic E-state index is 13.6. The zero-order chi connectivity index (χ0) is 21.1. The molecule has 1 heterocycles. The molecule has 1 aliphatic heterocycles. The van der Waals surface area contributed by atoms with Gasteiger partial charge in [0.1, 0.15) is 0 Å². The van der Waals surface area contributed by atoms with Gasteiger partial charge in [0, 0.05) is 17.5 Å². The quantitative estimate of drug-likeness (QED) is 0.377. The molecule has 0 spiro atoms. The van der Waals surface area contributed by atoms with Gasteiger partial charge in [-0.15, -0.1) is 0 Å². The van der Waals surface area contributed by atoms with Gasteiger partial charge >= 0.3 is 0 Å². The van der Waals surface area contributed by atoms with Crippen LogP contribution in [0.4, 0.5) is 11.4 Å². The zero-order valence-electron chi connectivity index (χ0n) is 16.2. The van der Waals surface area contributed by atoms with E-state index in [2.05, 4.69) is 0 Å². The highest BCUT2D eigenvalue weighted by Crippen LogP contribution is 2.76. The van der Waals surface area contributed by atoms with Crippen LogP contribution in [0, 0.1) is 21.4 Å². The molecule has 3 aromatic rings. The second-order valence-corrected chi connectivity index (χ2v) is 7.93. The number of rotatable bonds is 4. The average Bonchev–Trinajstić information content (AvgIpc) is 3.30. The van der Waals surface area contributed by atoms with Gasteiger partial charge in [-0.3, -0.25) is 19.7 Å². The molecule has 0 aromatic heterocycles. The molecular weight excluding hydrogens is 380 g/mol. The Morgan fingerprint density at radius 3 is 1.73 bits per heavy atom. The Kier molecular flexibility index (Phi) is 3.71. The van der Waals surface area contributed by atoms with E-state index in [-0.39, 0.29) is 17.5 Å². The number of hydrogen-bond donors (Lipinski definition) is 0. The average molecular weight is 398 g/mol. The van der Waals surface area contributed by atoms with Crippen molar-refractivity contribution < 1.29 is 14.5 Å². The standard InChI is InChI=1S/C24H18N2O4/c1-23-20(21(27)25(22(23)28)18-12-14-19(15-13-18)26(29)30)24(23,16-8-4-2-5-9-16)17-10-6-3-7-11-17/h2-15,20H,1H3/t20-,23+/m0/s1. The minimum atomic E-state index is -0.922. The van der Waals surface area contributed by atoms with Crippen LogP contribution in [-0.4, -0.2) is 16.7 Å². The van der Waals surface area contributed by atoms with Gasteiger partial charge in [-0.05, 0) is 30.2 Å². The normalized spacial score (nSPS) is 23.9. The molecule has 2 fully saturated rings. The molecule has 2 aliphatic rings. The van der Waals surface area contributed by atoms with E-state index in [1.54, 1.807) is 0 Å². The molecule has 2 amide bonds. The van der Waals surface area contributed by atoms with Gasteiger partial charge in [-0.2, -0.15) is 0 Å². The summed E-state index contributed by atoms with van der Waals surface area (Å²) in [7, 11) is 0. The molecule has 3 aromatic carbocycles. The van der Waals surface area contributed by atoms with Gasteiger partial charge in [0.25, 0.3) is 5.69 Å². The molecule has 1 saturated heterocycles. The summed E-state index contributed by atoms with van der Waals surface area (Å²) in [4.78, 5) is 38.7. The van der Waals surface area contributed by atoms with Crippen LogP contribution in [0.2, 0.25) is 0 Å². The molecule has 30 heavy (non-hydrogen) atoms. The van der Waals surface area contributed by atoms with Crippen molar-refractivity contribution in [2.45, 2.75) is 12.3 Å². The lowest BCUT2D eigenvalue weighted by molar-refractivity contribution is -0.384. The van der Waals surface area contributed by atoms with E-state index < -0.39 is 21.7 Å². The van der Waals surface area contributed by atoms with Crippen molar-refractivity contribution in [3.8, 4) is 0 Å². The van der Waals surface area contributed by atoms with Crippen LogP contribution in [0.15, 0.2) is 84.9 Å². The highest BCUT2D eigenvalue weighted by Gasteiger charge is 2.86. The fourth-order valence-electron chi connectivity index (χ4n) is 5.27. The van der Waals surface area contributed by atoms with E-state index in [0.29, 0.717) is 5.69 Å². The summed E-state index contributed by atoms with van der Waals surface area (Å²) in [5, 5.41) is 10.9. The Labute approximate surface area is 172 Å². The largest absolute Gasteiger partial charge is 0.274 e. The molecule has 1 aliphatic carbocycles. The summed E-state index contributed by atoms with van der Waals surface area (Å²) in [6.07, 6.45) is 0. The van der Waals surface area contributed by atoms with Crippen LogP contribution in [0.3, 0.4) is 0 Å². The van der Waals surface area contributed by atoms with Gasteiger partial charge in [0.15, 0.2) is 0 Å². The number of nitro groups is 1. The fourth-order valence-corrected chi connectivity index (χ4v) is 5.27. The van der Waals surface area contributed by atoms with Crippen molar-refractivity contribution in [1.29, 1.82) is 0 Å². The van der Waals surface area contributed by atoms with Crippen LogP contribution < -0.4 is 4.90 Å². The van der Waals surface area contributed by atoms with Crippen molar-refractivity contribution >= 4 is 23.2 Å². The van der Waals surface area contributed by atoms with Crippen molar-refractivity contribution in [3.63, 3.8) is 0 Å². The Balaban J connectivity index is 1.62. The van der Waals surface area contributed by atoms with Gasteiger partial charge in [0.2, 0.25) is 11.8 Å². The first-order valence-electron chi connectivity index (χ1n) is 9.68. The SMILES string of the molecule is C[C@]12C(=O)N(c3ccc([N+](=O)[O-])cc3)C(=O)[C@@H]1C2(c1ccccc1)c1ccccc1. The van der Waals surface area contributed by atoms with E-state index in [1.165, 1.54) is 29.2 Å². The van der Waals surface area contributed by atoms with Crippen molar-refractivity contribution in [2.24, 2.45) is 11.3 Å². The number of nitro benzene ring substituents is 1. The molecule has 0 unspecified atom stereocenters. The molecule has 0 radical (unpaired) electrons. The number of non-ortho nitro benzene ring substituents is 1. The van der Waals surface area contributed by atoms with E-state index in [0.717, 1.165) is 11.1 Å². The highest BCUT2D eigenvalue weighted by molar-refractivity contribution is 6.29. The topological polar surface area (TPSA) is 80.5 Å². The summed E-state index contributed by atoms with van der Waals surface area (Å²) in [6, 6.07) is 24.9. The highest BCUT2D eigenvalue weighted by atomic mass is 16.6. The predicted octanol–water partition coefficient (Wildman–Crippen LogP) is 4.09. The lowest BCUT2D eigenvalue weighted by atomic mass is 9.79. The second kappa shape index (κ2) is 6.10. The first kappa shape index (κ1) is 18.2. The van der Waals surface area contributed by atoms with Crippen LogP contribution >= 0.6 is 0 Å². The zero-order valence-corrected chi connectivity index (χ0v) is 16.2. The maximum Gasteiger partial charge on any atom is 0.269 e. The van der Waals surface area contributed by atoms with Crippen LogP contribution in [-0.2, 0) is 15.0 Å². The third-order valence-corrected chi connectivity index (χ3v) is 6.64. The van der Waals surface area contributed by atoms with Crippen molar-refractivity contribution in [3.05, 3.63) is 106 Å². The predicted molar refractivity (Wildman–Crippen MR) is 111 cm³/mol. The monoisotopic (exact) mass is 398 g/mol. The summed E-state index contributed by atoms with van der Waals surface area (Å²) in [6.45, 7) is 1.85. The van der Waals surface area contributed by atoms with E-state index in [9.17, 15) is 19.7 Å². The van der Waals surface area contributed by atoms with Crippen molar-refractivity contribution in [1.82, 2.24) is 0 Å². The summed E-state index contributed by atoms with van der Waals surface area (Å²) in [5.74, 6) is -1.08. The van der Waals surface area contributed by atoms with Crippen LogP contribution in [0.1, 0.15) is 18.1 Å². The third-order valence-electron chi connectivity index (χ3n) is 6.64. The Hall–Kier alpha value is -3.80. The molecule has 5 rings (SSSR count). The lowest BCUT2D eigenvalue weighted by Crippen LogP contribution is -2.42. The minimum Gasteiger partial charge on any atom is -0.274 e. The van der Waals surface area contributed by atoms with Crippen LogP contribution in [0.5, 0.6) is 0 Å². The molecule has 148 valence electrons. The van der Waals surface area contributed by atoms with Gasteiger partial charge in [-0.25, -0.2) is 4.90 Å². The van der Waals surface area contributed by atoms with Gasteiger partial charge in [-0.1, -0.05) is 60.7 Å². The summed E-state index contributed by atoms with van der Waals surface area (Å²) < 4.78 is 0. The smallest absolute Gasteiger partial charge is 0.269 e. The number of benzene rings is 3. The number of nitrogens with zero attached hydrogens (tertiary/aromatic N) is 2. The lowest BCUT2D eigenvalue weighted by Gasteiger charge is -2.29. The number of imide groups is 1. The third kappa shape index (κ3) is 2.08. The maximum absolute atomic E-state index is 13.6. The van der Waals surface area contributed by atoms with Crippen molar-refractivity contribution in [2.75, 3.05) is 4.90 Å². The number of hydrogen-bond acceptors (Lipinski definition) is 4. The first-order valence-corrected chi connectivity index (χ1v) is 9.68. The molecule has 0 N–H and O–H groups in total.